The Balaban J connectivity index is 3.01. The van der Waals surface area contributed by atoms with Gasteiger partial charge in [0.05, 0.1) is 19.4 Å². The molecule has 1 rings (SSSR count). The van der Waals surface area contributed by atoms with Crippen molar-refractivity contribution in [1.82, 2.24) is 25.9 Å². The molecule has 1 aromatic rings. The molecule has 4 atom stereocenters. The molecule has 0 spiro atoms. The van der Waals surface area contributed by atoms with Crippen LogP contribution in [0.2, 0.25) is 0 Å². The van der Waals surface area contributed by atoms with E-state index in [-0.39, 0.29) is 12.8 Å². The number of nitrogens with two attached hydrogens (primary N) is 1. The Morgan fingerprint density at radius 2 is 1.67 bits per heavy atom. The van der Waals surface area contributed by atoms with Gasteiger partial charge in [0.15, 0.2) is 0 Å². The summed E-state index contributed by atoms with van der Waals surface area (Å²) < 4.78 is 0. The summed E-state index contributed by atoms with van der Waals surface area (Å²) in [5, 5.41) is 34.3. The van der Waals surface area contributed by atoms with E-state index in [1.54, 1.807) is 6.26 Å². The minimum absolute atomic E-state index is 0.0908. The Labute approximate surface area is 193 Å². The fourth-order valence-electron chi connectivity index (χ4n) is 2.61. The van der Waals surface area contributed by atoms with Gasteiger partial charge in [-0.1, -0.05) is 0 Å². The average Bonchev–Trinajstić information content (AvgIpc) is 3.27. The van der Waals surface area contributed by atoms with Gasteiger partial charge in [-0.2, -0.15) is 11.8 Å². The SMILES string of the molecule is CSCCC(NC(=O)C(CC(=O)O)NC(=O)C(Cc1cnc[nH]1)NC(=O)C(N)CO)C(=O)O. The number of amides is 3. The van der Waals surface area contributed by atoms with Crippen LogP contribution in [0, 0.1) is 0 Å². The number of carbonyl (C=O) groups is 5. The van der Waals surface area contributed by atoms with Gasteiger partial charge in [-0.05, 0) is 18.4 Å². The number of nitrogens with zero attached hydrogens (tertiary/aromatic N) is 1. The van der Waals surface area contributed by atoms with Crippen molar-refractivity contribution < 1.29 is 39.3 Å². The van der Waals surface area contributed by atoms with Crippen LogP contribution >= 0.6 is 11.8 Å². The number of imidazole rings is 1. The predicted molar refractivity (Wildman–Crippen MR) is 116 cm³/mol. The van der Waals surface area contributed by atoms with Crippen LogP contribution in [0.25, 0.3) is 0 Å². The van der Waals surface area contributed by atoms with Crippen molar-refractivity contribution >= 4 is 41.4 Å². The van der Waals surface area contributed by atoms with E-state index in [0.717, 1.165) is 0 Å². The molecule has 0 saturated carbocycles. The van der Waals surface area contributed by atoms with Gasteiger partial charge in [0, 0.05) is 18.3 Å². The minimum Gasteiger partial charge on any atom is -0.481 e. The van der Waals surface area contributed by atoms with E-state index in [1.807, 2.05) is 0 Å². The van der Waals surface area contributed by atoms with Crippen LogP contribution < -0.4 is 21.7 Å². The Morgan fingerprint density at radius 1 is 1.06 bits per heavy atom. The first kappa shape index (κ1) is 27.9. The van der Waals surface area contributed by atoms with E-state index < -0.39 is 66.9 Å². The lowest BCUT2D eigenvalue weighted by Gasteiger charge is -2.24. The van der Waals surface area contributed by atoms with Gasteiger partial charge >= 0.3 is 11.9 Å². The van der Waals surface area contributed by atoms with E-state index in [0.29, 0.717) is 11.4 Å². The highest BCUT2D eigenvalue weighted by molar-refractivity contribution is 7.98. The maximum Gasteiger partial charge on any atom is 0.326 e. The average molecular weight is 489 g/mol. The highest BCUT2D eigenvalue weighted by Gasteiger charge is 2.31. The standard InChI is InChI=1S/C18H28N6O8S/c1-33-3-2-11(18(31)32)22-17(30)13(5-14(26)27)24-16(29)12(4-9-6-20-8-21-9)23-15(28)10(19)7-25/h6,8,10-13,25H,2-5,7,19H2,1H3,(H,20,21)(H,22,30)(H,23,28)(H,24,29)(H,26,27)(H,31,32). The van der Waals surface area contributed by atoms with Gasteiger partial charge in [-0.25, -0.2) is 9.78 Å². The summed E-state index contributed by atoms with van der Waals surface area (Å²) in [5.41, 5.74) is 5.90. The third kappa shape index (κ3) is 9.88. The molecule has 15 heteroatoms. The molecule has 4 unspecified atom stereocenters. The lowest BCUT2D eigenvalue weighted by molar-refractivity contribution is -0.143. The molecule has 0 aliphatic rings. The largest absolute Gasteiger partial charge is 0.481 e. The van der Waals surface area contributed by atoms with Crippen LogP contribution in [0.4, 0.5) is 0 Å². The third-order valence-electron chi connectivity index (χ3n) is 4.38. The van der Waals surface area contributed by atoms with E-state index in [4.69, 9.17) is 15.9 Å². The van der Waals surface area contributed by atoms with Crippen LogP contribution in [0.3, 0.4) is 0 Å². The molecule has 0 saturated heterocycles. The van der Waals surface area contributed by atoms with Crippen molar-refractivity contribution in [3.8, 4) is 0 Å². The second kappa shape index (κ2) is 14.1. The van der Waals surface area contributed by atoms with Crippen molar-refractivity contribution in [3.63, 3.8) is 0 Å². The molecule has 184 valence electrons. The quantitative estimate of drug-likeness (QED) is 0.124. The number of carboxylic acid groups (broad SMARTS) is 2. The van der Waals surface area contributed by atoms with Gasteiger partial charge in [-0.3, -0.25) is 19.2 Å². The summed E-state index contributed by atoms with van der Waals surface area (Å²) in [4.78, 5) is 66.7. The van der Waals surface area contributed by atoms with Gasteiger partial charge in [0.25, 0.3) is 0 Å². The number of aromatic nitrogens is 2. The molecule has 0 aliphatic carbocycles. The molecule has 3 amide bonds. The summed E-state index contributed by atoms with van der Waals surface area (Å²) in [6.45, 7) is -0.680. The number of H-pyrrole nitrogens is 1. The third-order valence-corrected chi connectivity index (χ3v) is 5.03. The fraction of sp³-hybridized carbons (Fsp3) is 0.556. The van der Waals surface area contributed by atoms with Crippen LogP contribution in [-0.2, 0) is 30.4 Å². The number of hydrogen-bond donors (Lipinski definition) is 8. The first-order valence-electron chi connectivity index (χ1n) is 9.77. The van der Waals surface area contributed by atoms with Gasteiger partial charge in [0.2, 0.25) is 17.7 Å². The lowest BCUT2D eigenvalue weighted by atomic mass is 10.1. The Kier molecular flexibility index (Phi) is 11.9. The zero-order valence-corrected chi connectivity index (χ0v) is 18.6. The summed E-state index contributed by atoms with van der Waals surface area (Å²) in [5.74, 6) is -5.06. The number of thioether (sulfide) groups is 1. The maximum absolute atomic E-state index is 12.8. The van der Waals surface area contributed by atoms with Crippen LogP contribution in [-0.4, -0.2) is 97.7 Å². The first-order valence-corrected chi connectivity index (χ1v) is 11.2. The molecule has 1 aromatic heterocycles. The molecular formula is C18H28N6O8S. The monoisotopic (exact) mass is 488 g/mol. The number of hydrogen-bond acceptors (Lipinski definition) is 9. The Hall–Kier alpha value is -3.17. The number of aliphatic hydroxyl groups excluding tert-OH is 1. The molecular weight excluding hydrogens is 460 g/mol. The summed E-state index contributed by atoms with van der Waals surface area (Å²) in [6.07, 6.45) is 3.64. The topological polar surface area (TPSA) is 237 Å². The van der Waals surface area contributed by atoms with Crippen LogP contribution in [0.5, 0.6) is 0 Å². The molecule has 0 aliphatic heterocycles. The van der Waals surface area contributed by atoms with Gasteiger partial charge in [-0.15, -0.1) is 0 Å². The number of rotatable bonds is 15. The molecule has 0 fully saturated rings. The first-order chi connectivity index (χ1) is 15.6. The second-order valence-electron chi connectivity index (χ2n) is 6.97. The fourth-order valence-corrected chi connectivity index (χ4v) is 3.08. The van der Waals surface area contributed by atoms with E-state index >= 15 is 0 Å². The molecule has 0 aromatic carbocycles. The van der Waals surface area contributed by atoms with Gasteiger partial charge in [0.1, 0.15) is 24.2 Å². The molecule has 33 heavy (non-hydrogen) atoms. The minimum atomic E-state index is -1.61. The van der Waals surface area contributed by atoms with Crippen LogP contribution in [0.1, 0.15) is 18.5 Å². The normalized spacial score (nSPS) is 14.4. The van der Waals surface area contributed by atoms with Gasteiger partial charge < -0.3 is 42.0 Å². The van der Waals surface area contributed by atoms with Crippen molar-refractivity contribution in [2.24, 2.45) is 5.73 Å². The van der Waals surface area contributed by atoms with E-state index in [2.05, 4.69) is 25.9 Å². The number of aliphatic hydroxyl groups is 1. The van der Waals surface area contributed by atoms with E-state index in [1.165, 1.54) is 24.3 Å². The number of nitrogens with one attached hydrogen (secondary N) is 4. The van der Waals surface area contributed by atoms with Crippen molar-refractivity contribution in [2.45, 2.75) is 43.4 Å². The molecule has 0 bridgehead atoms. The summed E-state index contributed by atoms with van der Waals surface area (Å²) in [7, 11) is 0. The number of carboxylic acids is 2. The highest BCUT2D eigenvalue weighted by Crippen LogP contribution is 2.05. The highest BCUT2D eigenvalue weighted by atomic mass is 32.2. The molecule has 14 nitrogen and oxygen atoms in total. The Bertz CT molecular complexity index is 821. The van der Waals surface area contributed by atoms with Crippen molar-refractivity contribution in [3.05, 3.63) is 18.2 Å². The second-order valence-corrected chi connectivity index (χ2v) is 7.96. The Morgan fingerprint density at radius 3 is 2.18 bits per heavy atom. The summed E-state index contributed by atoms with van der Waals surface area (Å²) >= 11 is 1.36. The number of aliphatic carboxylic acids is 2. The van der Waals surface area contributed by atoms with Crippen molar-refractivity contribution in [1.29, 1.82) is 0 Å². The molecule has 9 N–H and O–H groups in total. The lowest BCUT2D eigenvalue weighted by Crippen LogP contribution is -2.58. The zero-order valence-electron chi connectivity index (χ0n) is 17.8. The maximum atomic E-state index is 12.8. The molecule has 1 heterocycles. The van der Waals surface area contributed by atoms with Crippen LogP contribution in [0.15, 0.2) is 12.5 Å². The predicted octanol–water partition coefficient (Wildman–Crippen LogP) is -2.96. The smallest absolute Gasteiger partial charge is 0.326 e. The van der Waals surface area contributed by atoms with Crippen molar-refractivity contribution in [2.75, 3.05) is 18.6 Å². The summed E-state index contributed by atoms with van der Waals surface area (Å²) in [6, 6.07) is -5.50. The zero-order chi connectivity index (χ0) is 25.0. The number of aromatic amines is 1. The number of carbonyl (C=O) groups excluding carboxylic acids is 3. The van der Waals surface area contributed by atoms with E-state index in [9.17, 15) is 29.1 Å². The molecule has 0 radical (unpaired) electrons.